The smallest absolute Gasteiger partial charge is 0.445 e. The predicted molar refractivity (Wildman–Crippen MR) is 56.7 cm³/mol. The van der Waals surface area contributed by atoms with Gasteiger partial charge in [0.05, 0.1) is 19.8 Å². The van der Waals surface area contributed by atoms with E-state index in [2.05, 4.69) is 0 Å². The van der Waals surface area contributed by atoms with E-state index in [9.17, 15) is 12.9 Å². The Morgan fingerprint density at radius 1 is 1.18 bits per heavy atom. The molecule has 1 aromatic rings. The van der Waals surface area contributed by atoms with Crippen LogP contribution >= 0.6 is 0 Å². The molecule has 0 bridgehead atoms. The molecule has 17 heavy (non-hydrogen) atoms. The van der Waals surface area contributed by atoms with Crippen LogP contribution in [0.15, 0.2) is 24.3 Å². The van der Waals surface area contributed by atoms with Gasteiger partial charge in [0.1, 0.15) is 0 Å². The molecule has 0 aliphatic rings. The van der Waals surface area contributed by atoms with Gasteiger partial charge in [0.15, 0.2) is 0 Å². The molecule has 90 valence electrons. The second-order valence-electron chi connectivity index (χ2n) is 3.37. The van der Waals surface area contributed by atoms with Crippen LogP contribution < -0.4 is 56.8 Å². The van der Waals surface area contributed by atoms with Crippen LogP contribution in [0.5, 0.6) is 0 Å². The summed E-state index contributed by atoms with van der Waals surface area (Å²) in [6, 6.07) is 5.18. The van der Waals surface area contributed by atoms with Crippen molar-refractivity contribution in [1.29, 1.82) is 0 Å². The van der Waals surface area contributed by atoms with Crippen molar-refractivity contribution in [3.8, 4) is 0 Å². The number of hydrogen-bond acceptors (Lipinski definition) is 2. The molecular formula is C10H13BF3KO2. The molecule has 0 atom stereocenters. The molecule has 0 spiro atoms. The quantitative estimate of drug-likeness (QED) is 0.484. The predicted octanol–water partition coefficient (Wildman–Crippen LogP) is -1.09. The average Bonchev–Trinajstić information content (AvgIpc) is 2.24. The Kier molecular flexibility index (Phi) is 9.01. The van der Waals surface area contributed by atoms with Gasteiger partial charge in [-0.2, -0.15) is 0 Å². The fourth-order valence-corrected chi connectivity index (χ4v) is 1.22. The van der Waals surface area contributed by atoms with E-state index in [1.54, 1.807) is 6.07 Å². The maximum absolute atomic E-state index is 12.4. The number of benzene rings is 1. The summed E-state index contributed by atoms with van der Waals surface area (Å²) in [5.74, 6) is 0. The molecule has 0 unspecified atom stereocenters. The van der Waals surface area contributed by atoms with Gasteiger partial charge in [-0.05, 0) is 5.56 Å². The summed E-state index contributed by atoms with van der Waals surface area (Å²) in [4.78, 5) is 0. The van der Waals surface area contributed by atoms with Crippen LogP contribution in [-0.2, 0) is 16.1 Å². The van der Waals surface area contributed by atoms with Crippen LogP contribution in [0.2, 0.25) is 0 Å². The number of methoxy groups -OCH3 is 1. The van der Waals surface area contributed by atoms with Gasteiger partial charge in [-0.25, -0.2) is 0 Å². The summed E-state index contributed by atoms with van der Waals surface area (Å²) in [5.41, 5.74) is -0.0688. The van der Waals surface area contributed by atoms with E-state index < -0.39 is 12.4 Å². The first-order valence-electron chi connectivity index (χ1n) is 4.89. The van der Waals surface area contributed by atoms with E-state index >= 15 is 0 Å². The molecule has 0 aliphatic heterocycles. The minimum atomic E-state index is -4.93. The summed E-state index contributed by atoms with van der Waals surface area (Å²) in [6.07, 6.45) is 0. The summed E-state index contributed by atoms with van der Waals surface area (Å²) < 4.78 is 47.1. The second kappa shape index (κ2) is 8.68. The first-order valence-corrected chi connectivity index (χ1v) is 4.89. The van der Waals surface area contributed by atoms with Gasteiger partial charge >= 0.3 is 58.4 Å². The Morgan fingerprint density at radius 3 is 2.47 bits per heavy atom. The van der Waals surface area contributed by atoms with Crippen molar-refractivity contribution < 1.29 is 73.8 Å². The molecule has 0 amide bonds. The van der Waals surface area contributed by atoms with Gasteiger partial charge in [-0.3, -0.25) is 0 Å². The molecule has 2 nitrogen and oxygen atoms in total. The van der Waals surface area contributed by atoms with Gasteiger partial charge < -0.3 is 22.4 Å². The van der Waals surface area contributed by atoms with Gasteiger partial charge in [0, 0.05) is 7.11 Å². The Balaban J connectivity index is 0.00000256. The maximum atomic E-state index is 12.4. The normalized spacial score (nSPS) is 11.1. The van der Waals surface area contributed by atoms with E-state index in [0.717, 1.165) is 12.1 Å². The van der Waals surface area contributed by atoms with Crippen LogP contribution in [-0.4, -0.2) is 27.3 Å². The van der Waals surface area contributed by atoms with Crippen molar-refractivity contribution in [2.45, 2.75) is 6.61 Å². The first-order chi connectivity index (χ1) is 7.54. The third-order valence-corrected chi connectivity index (χ3v) is 2.03. The topological polar surface area (TPSA) is 18.5 Å². The van der Waals surface area contributed by atoms with Crippen LogP contribution in [0.4, 0.5) is 12.9 Å². The van der Waals surface area contributed by atoms with Crippen molar-refractivity contribution in [2.24, 2.45) is 0 Å². The third-order valence-electron chi connectivity index (χ3n) is 2.03. The van der Waals surface area contributed by atoms with Crippen LogP contribution in [0.25, 0.3) is 0 Å². The first kappa shape index (κ1) is 17.6. The molecule has 0 saturated carbocycles. The Morgan fingerprint density at radius 2 is 1.88 bits per heavy atom. The van der Waals surface area contributed by atoms with Crippen molar-refractivity contribution in [3.63, 3.8) is 0 Å². The zero-order chi connectivity index (χ0) is 12.0. The fourth-order valence-electron chi connectivity index (χ4n) is 1.22. The molecular weight excluding hydrogens is 259 g/mol. The van der Waals surface area contributed by atoms with E-state index in [4.69, 9.17) is 9.47 Å². The number of hydrogen-bond donors (Lipinski definition) is 0. The zero-order valence-corrected chi connectivity index (χ0v) is 13.1. The molecule has 0 saturated heterocycles. The second-order valence-corrected chi connectivity index (χ2v) is 3.37. The largest absolute Gasteiger partial charge is 1.00 e. The van der Waals surface area contributed by atoms with E-state index in [1.165, 1.54) is 13.2 Å². The Bertz CT molecular complexity index is 334. The van der Waals surface area contributed by atoms with E-state index in [-0.39, 0.29) is 58.0 Å². The summed E-state index contributed by atoms with van der Waals surface area (Å²) in [7, 11) is 1.54. The number of halogens is 3. The van der Waals surface area contributed by atoms with E-state index in [0.29, 0.717) is 18.8 Å². The SMILES string of the molecule is COCCOCc1cccc([B-](F)(F)F)c1.[K+]. The molecule has 0 heterocycles. The van der Waals surface area contributed by atoms with Gasteiger partial charge in [0.2, 0.25) is 0 Å². The number of rotatable bonds is 6. The molecule has 1 aromatic carbocycles. The maximum Gasteiger partial charge on any atom is 1.00 e. The summed E-state index contributed by atoms with van der Waals surface area (Å²) in [6.45, 7) is -3.96. The van der Waals surface area contributed by atoms with Crippen LogP contribution in [0.1, 0.15) is 5.56 Å². The molecule has 0 aliphatic carbocycles. The van der Waals surface area contributed by atoms with Crippen molar-refractivity contribution in [2.75, 3.05) is 20.3 Å². The summed E-state index contributed by atoms with van der Waals surface area (Å²) >= 11 is 0. The number of ether oxygens (including phenoxy) is 2. The molecule has 0 fully saturated rings. The Hall–Kier alpha value is 0.631. The van der Waals surface area contributed by atoms with Gasteiger partial charge in [0.25, 0.3) is 0 Å². The molecule has 7 heteroatoms. The summed E-state index contributed by atoms with van der Waals surface area (Å²) in [5, 5.41) is 0. The third kappa shape index (κ3) is 6.95. The molecule has 0 aromatic heterocycles. The van der Waals surface area contributed by atoms with Crippen LogP contribution in [0.3, 0.4) is 0 Å². The van der Waals surface area contributed by atoms with Crippen molar-refractivity contribution in [1.82, 2.24) is 0 Å². The van der Waals surface area contributed by atoms with Crippen molar-refractivity contribution >= 4 is 12.4 Å². The average molecular weight is 272 g/mol. The minimum absolute atomic E-state index is 0. The standard InChI is InChI=1S/C10H13BF3O2.K/c1-15-5-6-16-8-9-3-2-4-10(7-9)11(12,13)14;/h2-4,7H,5-6,8H2,1H3;/q-1;+1. The van der Waals surface area contributed by atoms with Gasteiger partial charge in [-0.15, -0.1) is 5.46 Å². The molecule has 1 rings (SSSR count). The molecule has 0 radical (unpaired) electrons. The molecule has 0 N–H and O–H groups in total. The minimum Gasteiger partial charge on any atom is -0.445 e. The van der Waals surface area contributed by atoms with Gasteiger partial charge in [-0.1, -0.05) is 24.3 Å². The fraction of sp³-hybridized carbons (Fsp3) is 0.400. The van der Waals surface area contributed by atoms with E-state index in [1.807, 2.05) is 0 Å². The van der Waals surface area contributed by atoms with Crippen molar-refractivity contribution in [3.05, 3.63) is 29.8 Å². The van der Waals surface area contributed by atoms with Crippen LogP contribution in [0, 0.1) is 0 Å². The monoisotopic (exact) mass is 272 g/mol. The zero-order valence-electron chi connectivity index (χ0n) is 9.96. The Labute approximate surface area is 141 Å².